The molecule has 0 saturated heterocycles. The highest BCUT2D eigenvalue weighted by Crippen LogP contribution is 2.21. The van der Waals surface area contributed by atoms with Crippen molar-refractivity contribution in [1.29, 1.82) is 0 Å². The molecular weight excluding hydrogens is 192 g/mol. The molecule has 1 aliphatic rings. The Morgan fingerprint density at radius 3 is 2.93 bits per heavy atom. The predicted octanol–water partition coefficient (Wildman–Crippen LogP) is 1.87. The summed E-state index contributed by atoms with van der Waals surface area (Å²) in [6, 6.07) is 6.01. The number of benzene rings is 1. The molecule has 1 aromatic carbocycles. The summed E-state index contributed by atoms with van der Waals surface area (Å²) in [5.41, 5.74) is 3.10. The number of unbranched alkanes of at least 4 members (excludes halogenated alkanes) is 1. The van der Waals surface area contributed by atoms with Crippen LogP contribution in [-0.4, -0.2) is 11.4 Å². The lowest BCUT2D eigenvalue weighted by atomic mass is 10.0. The van der Waals surface area contributed by atoms with Gasteiger partial charge < -0.3 is 10.2 Å². The van der Waals surface area contributed by atoms with Gasteiger partial charge in [0.2, 0.25) is 0 Å². The van der Waals surface area contributed by atoms with Crippen molar-refractivity contribution in [3.05, 3.63) is 34.9 Å². The summed E-state index contributed by atoms with van der Waals surface area (Å²) in [6.07, 6.45) is 3.50. The van der Waals surface area contributed by atoms with Crippen LogP contribution in [0.5, 0.6) is 0 Å². The molecular formula is C12H16O3. The molecule has 0 unspecified atom stereocenters. The van der Waals surface area contributed by atoms with Gasteiger partial charge in [0.1, 0.15) is 6.61 Å². The van der Waals surface area contributed by atoms with Crippen molar-refractivity contribution in [2.24, 2.45) is 0 Å². The molecule has 1 heterocycles. The van der Waals surface area contributed by atoms with Crippen molar-refractivity contribution in [3.8, 4) is 0 Å². The number of hydrogen-bond donors (Lipinski definition) is 0. The lowest BCUT2D eigenvalue weighted by molar-refractivity contribution is 0.0535. The highest BCUT2D eigenvalue weighted by Gasteiger charge is 2.20. The zero-order chi connectivity index (χ0) is 9.97. The average molecular weight is 208 g/mol. The Morgan fingerprint density at radius 2 is 2.20 bits per heavy atom. The summed E-state index contributed by atoms with van der Waals surface area (Å²) >= 11 is 0. The monoisotopic (exact) mass is 208 g/mol. The highest BCUT2D eigenvalue weighted by molar-refractivity contribution is 5.93. The Morgan fingerprint density at radius 1 is 1.40 bits per heavy atom. The lowest BCUT2D eigenvalue weighted by Crippen LogP contribution is -1.94. The maximum atomic E-state index is 11.2. The molecule has 1 aliphatic heterocycles. The van der Waals surface area contributed by atoms with E-state index in [1.165, 1.54) is 18.4 Å². The molecule has 0 atom stereocenters. The van der Waals surface area contributed by atoms with E-state index >= 15 is 0 Å². The third kappa shape index (κ3) is 2.36. The quantitative estimate of drug-likeness (QED) is 0.712. The molecule has 0 amide bonds. The summed E-state index contributed by atoms with van der Waals surface area (Å²) in [5, 5.41) is 0. The number of cyclic esters (lactones) is 1. The number of ether oxygens (including phenoxy) is 1. The number of rotatable bonds is 3. The molecule has 2 rings (SSSR count). The van der Waals surface area contributed by atoms with E-state index in [-0.39, 0.29) is 11.4 Å². The molecule has 0 radical (unpaired) electrons. The Balaban J connectivity index is 0.00000112. The van der Waals surface area contributed by atoms with E-state index in [1.807, 2.05) is 12.1 Å². The Kier molecular flexibility index (Phi) is 3.86. The van der Waals surface area contributed by atoms with E-state index in [0.29, 0.717) is 6.61 Å². The van der Waals surface area contributed by atoms with Crippen LogP contribution in [0.1, 0.15) is 41.3 Å². The molecule has 15 heavy (non-hydrogen) atoms. The number of carbonyl (C=O) groups excluding carboxylic acids is 1. The van der Waals surface area contributed by atoms with Gasteiger partial charge in [-0.2, -0.15) is 0 Å². The minimum Gasteiger partial charge on any atom is -0.457 e. The molecule has 3 nitrogen and oxygen atoms in total. The van der Waals surface area contributed by atoms with Crippen molar-refractivity contribution in [3.63, 3.8) is 0 Å². The van der Waals surface area contributed by atoms with Crippen molar-refractivity contribution < 1.29 is 15.0 Å². The maximum absolute atomic E-state index is 11.2. The van der Waals surface area contributed by atoms with Gasteiger partial charge in [0.25, 0.3) is 0 Å². The van der Waals surface area contributed by atoms with E-state index in [9.17, 15) is 4.79 Å². The van der Waals surface area contributed by atoms with Gasteiger partial charge in [0.15, 0.2) is 0 Å². The SMILES string of the molecule is CCCCc1ccc2c(c1)COC2=O.O. The smallest absolute Gasteiger partial charge is 0.338 e. The summed E-state index contributed by atoms with van der Waals surface area (Å²) in [4.78, 5) is 11.2. The minimum absolute atomic E-state index is 0. The molecule has 3 heteroatoms. The van der Waals surface area contributed by atoms with Crippen LogP contribution >= 0.6 is 0 Å². The first-order valence-corrected chi connectivity index (χ1v) is 5.10. The predicted molar refractivity (Wildman–Crippen MR) is 57.8 cm³/mol. The molecule has 0 aromatic heterocycles. The van der Waals surface area contributed by atoms with E-state index in [2.05, 4.69) is 13.0 Å². The fourth-order valence-electron chi connectivity index (χ4n) is 1.72. The van der Waals surface area contributed by atoms with Crippen LogP contribution in [-0.2, 0) is 17.8 Å². The normalized spacial score (nSPS) is 13.0. The summed E-state index contributed by atoms with van der Waals surface area (Å²) in [6.45, 7) is 2.63. The van der Waals surface area contributed by atoms with Crippen LogP contribution in [0, 0.1) is 0 Å². The zero-order valence-corrected chi connectivity index (χ0v) is 8.88. The minimum atomic E-state index is -0.179. The van der Waals surface area contributed by atoms with Gasteiger partial charge in [0.05, 0.1) is 5.56 Å². The van der Waals surface area contributed by atoms with Gasteiger partial charge in [-0.1, -0.05) is 25.5 Å². The van der Waals surface area contributed by atoms with Crippen molar-refractivity contribution >= 4 is 5.97 Å². The molecule has 82 valence electrons. The largest absolute Gasteiger partial charge is 0.457 e. The second kappa shape index (κ2) is 4.94. The molecule has 1 aromatic rings. The second-order valence-corrected chi connectivity index (χ2v) is 3.67. The standard InChI is InChI=1S/C12H14O2.H2O/c1-2-3-4-9-5-6-11-10(7-9)8-14-12(11)13;/h5-7H,2-4,8H2,1H3;1H2. The molecule has 0 spiro atoms. The average Bonchev–Trinajstić information content (AvgIpc) is 2.57. The van der Waals surface area contributed by atoms with Gasteiger partial charge in [-0.3, -0.25) is 0 Å². The topological polar surface area (TPSA) is 57.8 Å². The van der Waals surface area contributed by atoms with Crippen LogP contribution in [0.15, 0.2) is 18.2 Å². The van der Waals surface area contributed by atoms with Crippen molar-refractivity contribution in [2.45, 2.75) is 32.8 Å². The van der Waals surface area contributed by atoms with E-state index in [0.717, 1.165) is 17.5 Å². The Bertz CT molecular complexity index is 358. The van der Waals surface area contributed by atoms with Gasteiger partial charge in [-0.25, -0.2) is 4.79 Å². The first kappa shape index (κ1) is 11.7. The first-order chi connectivity index (χ1) is 6.81. The number of fused-ring (bicyclic) bond motifs is 1. The number of aryl methyl sites for hydroxylation is 1. The number of carbonyl (C=O) groups is 1. The third-order valence-electron chi connectivity index (χ3n) is 2.57. The molecule has 0 bridgehead atoms. The van der Waals surface area contributed by atoms with Crippen LogP contribution in [0.4, 0.5) is 0 Å². The van der Waals surface area contributed by atoms with Crippen LogP contribution in [0.2, 0.25) is 0 Å². The lowest BCUT2D eigenvalue weighted by Gasteiger charge is -2.01. The fraction of sp³-hybridized carbons (Fsp3) is 0.417. The fourth-order valence-corrected chi connectivity index (χ4v) is 1.72. The molecule has 0 saturated carbocycles. The summed E-state index contributed by atoms with van der Waals surface area (Å²) < 4.78 is 4.94. The summed E-state index contributed by atoms with van der Waals surface area (Å²) in [5.74, 6) is -0.179. The van der Waals surface area contributed by atoms with Gasteiger partial charge in [-0.05, 0) is 24.5 Å². The summed E-state index contributed by atoms with van der Waals surface area (Å²) in [7, 11) is 0. The molecule has 0 aliphatic carbocycles. The third-order valence-corrected chi connectivity index (χ3v) is 2.57. The number of hydrogen-bond acceptors (Lipinski definition) is 2. The van der Waals surface area contributed by atoms with Crippen molar-refractivity contribution in [2.75, 3.05) is 0 Å². The van der Waals surface area contributed by atoms with Crippen molar-refractivity contribution in [1.82, 2.24) is 0 Å². The first-order valence-electron chi connectivity index (χ1n) is 5.10. The number of esters is 1. The second-order valence-electron chi connectivity index (χ2n) is 3.67. The Hall–Kier alpha value is -1.35. The van der Waals surface area contributed by atoms with Crippen LogP contribution in [0.25, 0.3) is 0 Å². The molecule has 2 N–H and O–H groups in total. The van der Waals surface area contributed by atoms with Gasteiger partial charge in [-0.15, -0.1) is 0 Å². The zero-order valence-electron chi connectivity index (χ0n) is 8.88. The van der Waals surface area contributed by atoms with E-state index in [4.69, 9.17) is 4.74 Å². The highest BCUT2D eigenvalue weighted by atomic mass is 16.5. The van der Waals surface area contributed by atoms with E-state index < -0.39 is 0 Å². The van der Waals surface area contributed by atoms with Crippen LogP contribution in [0.3, 0.4) is 0 Å². The van der Waals surface area contributed by atoms with Crippen LogP contribution < -0.4 is 0 Å². The van der Waals surface area contributed by atoms with Gasteiger partial charge >= 0.3 is 5.97 Å². The Labute approximate surface area is 89.4 Å². The molecule has 0 fully saturated rings. The van der Waals surface area contributed by atoms with E-state index in [1.54, 1.807) is 0 Å². The maximum Gasteiger partial charge on any atom is 0.338 e. The van der Waals surface area contributed by atoms with Gasteiger partial charge in [0, 0.05) is 5.56 Å².